The van der Waals surface area contributed by atoms with E-state index in [0.717, 1.165) is 6.08 Å². The molecule has 0 spiro atoms. The highest BCUT2D eigenvalue weighted by atomic mass is 31.2. The first-order chi connectivity index (χ1) is 8.74. The van der Waals surface area contributed by atoms with Gasteiger partial charge in [0.25, 0.3) is 0 Å². The van der Waals surface area contributed by atoms with Gasteiger partial charge in [0.2, 0.25) is 5.91 Å². The predicted molar refractivity (Wildman–Crippen MR) is 67.6 cm³/mol. The van der Waals surface area contributed by atoms with Gasteiger partial charge in [-0.25, -0.2) is 9.36 Å². The lowest BCUT2D eigenvalue weighted by Gasteiger charge is -2.13. The Balaban J connectivity index is 0. The van der Waals surface area contributed by atoms with Gasteiger partial charge in [0.1, 0.15) is 5.76 Å². The molecule has 2 amide bonds. The molecule has 10 heteroatoms. The molecule has 0 aromatic heterocycles. The highest BCUT2D eigenvalue weighted by molar-refractivity contribution is 7.48. The van der Waals surface area contributed by atoms with Crippen LogP contribution in [0.3, 0.4) is 0 Å². The number of carbonyl (C=O) groups excluding carboxylic acids is 1. The van der Waals surface area contributed by atoms with Gasteiger partial charge in [-0.05, 0) is 6.92 Å². The molecule has 19 heavy (non-hydrogen) atoms. The van der Waals surface area contributed by atoms with E-state index < -0.39 is 13.9 Å². The Morgan fingerprint density at radius 1 is 1.16 bits per heavy atom. The molecule has 0 saturated carbocycles. The van der Waals surface area contributed by atoms with Crippen LogP contribution >= 0.6 is 7.82 Å². The number of allylic oxidation sites excluding steroid dienone is 1. The number of rotatable bonds is 5. The van der Waals surface area contributed by atoms with Crippen molar-refractivity contribution in [2.45, 2.75) is 6.92 Å². The van der Waals surface area contributed by atoms with Crippen molar-refractivity contribution in [1.29, 1.82) is 0 Å². The molecule has 3 N–H and O–H groups in total. The van der Waals surface area contributed by atoms with Crippen molar-refractivity contribution in [3.63, 3.8) is 0 Å². The van der Waals surface area contributed by atoms with Crippen molar-refractivity contribution in [3.05, 3.63) is 11.8 Å². The first-order valence-corrected chi connectivity index (χ1v) is 6.42. The maximum Gasteiger partial charge on any atom is 0.529 e. The lowest BCUT2D eigenvalue weighted by Crippen LogP contribution is -2.15. The third-order valence-corrected chi connectivity index (χ3v) is 2.90. The minimum Gasteiger partial charge on any atom is -0.465 e. The summed E-state index contributed by atoms with van der Waals surface area (Å²) in [5.74, 6) is -0.211. The number of phosphoric ester groups is 1. The van der Waals surface area contributed by atoms with Gasteiger partial charge in [0.05, 0.1) is 0 Å². The van der Waals surface area contributed by atoms with E-state index in [1.165, 1.54) is 35.2 Å². The van der Waals surface area contributed by atoms with Gasteiger partial charge in [-0.1, -0.05) is 0 Å². The summed E-state index contributed by atoms with van der Waals surface area (Å²) >= 11 is 0. The average Bonchev–Trinajstić information content (AvgIpc) is 2.38. The lowest BCUT2D eigenvalue weighted by molar-refractivity contribution is -0.116. The van der Waals surface area contributed by atoms with E-state index in [9.17, 15) is 14.2 Å². The Bertz CT molecular complexity index is 362. The molecule has 0 atom stereocenters. The van der Waals surface area contributed by atoms with E-state index >= 15 is 0 Å². The molecule has 0 aromatic carbocycles. The Hall–Kier alpha value is -1.57. The largest absolute Gasteiger partial charge is 0.529 e. The van der Waals surface area contributed by atoms with Gasteiger partial charge in [-0.15, -0.1) is 0 Å². The first-order valence-electron chi connectivity index (χ1n) is 4.96. The molecule has 0 unspecified atom stereocenters. The van der Waals surface area contributed by atoms with Crippen molar-refractivity contribution in [2.24, 2.45) is 0 Å². The summed E-state index contributed by atoms with van der Waals surface area (Å²) < 4.78 is 25.2. The second-order valence-corrected chi connectivity index (χ2v) is 4.64. The number of amides is 2. The lowest BCUT2D eigenvalue weighted by atomic mass is 10.5. The summed E-state index contributed by atoms with van der Waals surface area (Å²) in [7, 11) is 1.65. The van der Waals surface area contributed by atoms with Crippen LogP contribution in [0, 0.1) is 0 Å². The summed E-state index contributed by atoms with van der Waals surface area (Å²) in [6, 6.07) is 0. The number of hydrogen-bond acceptors (Lipinski definition) is 6. The van der Waals surface area contributed by atoms with E-state index in [1.54, 1.807) is 0 Å². The van der Waals surface area contributed by atoms with Crippen LogP contribution in [-0.4, -0.2) is 45.4 Å². The monoisotopic (exact) mass is 298 g/mol. The maximum atomic E-state index is 11.4. The van der Waals surface area contributed by atoms with Crippen LogP contribution in [0.25, 0.3) is 0 Å². The minimum atomic E-state index is -3.55. The number of nitrogens with one attached hydrogen (secondary N) is 2. The van der Waals surface area contributed by atoms with Crippen molar-refractivity contribution in [2.75, 3.05) is 28.3 Å². The topological polar surface area (TPSA) is 123 Å². The first kappa shape index (κ1) is 19.8. The highest BCUT2D eigenvalue weighted by Gasteiger charge is 2.24. The van der Waals surface area contributed by atoms with Gasteiger partial charge in [-0.2, -0.15) is 0 Å². The number of carbonyl (C=O) groups is 2. The van der Waals surface area contributed by atoms with Gasteiger partial charge >= 0.3 is 13.9 Å². The van der Waals surface area contributed by atoms with E-state index in [-0.39, 0.29) is 11.7 Å². The van der Waals surface area contributed by atoms with E-state index in [2.05, 4.69) is 14.4 Å². The van der Waals surface area contributed by atoms with Crippen molar-refractivity contribution >= 4 is 19.8 Å². The van der Waals surface area contributed by atoms with E-state index in [0.29, 0.717) is 0 Å². The zero-order chi connectivity index (χ0) is 15.5. The molecule has 0 aliphatic rings. The Morgan fingerprint density at radius 3 is 1.84 bits per heavy atom. The summed E-state index contributed by atoms with van der Waals surface area (Å²) in [5, 5.41) is 11.9. The Morgan fingerprint density at radius 2 is 1.58 bits per heavy atom. The molecule has 0 radical (unpaired) electrons. The van der Waals surface area contributed by atoms with Crippen LogP contribution < -0.4 is 10.6 Å². The van der Waals surface area contributed by atoms with E-state index in [4.69, 9.17) is 9.63 Å². The van der Waals surface area contributed by atoms with Gasteiger partial charge < -0.3 is 20.3 Å². The standard InChI is InChI=1S/C7H14NO5P.C2H5NO2/c1-6(5-7(9)8-2)13-14(10,11-3)12-4;1-3-2(4)5/h5H,1-4H3,(H,8,9);3H,1H3,(H,4,5)/b6-5+;. The zero-order valence-corrected chi connectivity index (χ0v) is 12.3. The molecule has 0 aromatic rings. The molecular weight excluding hydrogens is 279 g/mol. The predicted octanol–water partition coefficient (Wildman–Crippen LogP) is 0.938. The minimum absolute atomic E-state index is 0.149. The van der Waals surface area contributed by atoms with Crippen LogP contribution in [0.4, 0.5) is 4.79 Å². The number of likely N-dealkylation sites (N-methyl/N-ethyl adjacent to an activating group) is 1. The molecule has 0 heterocycles. The molecule has 0 aliphatic carbocycles. The normalized spacial score (nSPS) is 10.9. The molecule has 0 saturated heterocycles. The Kier molecular flexibility index (Phi) is 10.8. The summed E-state index contributed by atoms with van der Waals surface area (Å²) in [6.45, 7) is 1.47. The second-order valence-electron chi connectivity index (χ2n) is 2.83. The molecular formula is C9H19N2O7P. The summed E-state index contributed by atoms with van der Waals surface area (Å²) in [5.41, 5.74) is 0. The van der Waals surface area contributed by atoms with Crippen LogP contribution in [0.2, 0.25) is 0 Å². The van der Waals surface area contributed by atoms with Crippen molar-refractivity contribution in [1.82, 2.24) is 10.6 Å². The summed E-state index contributed by atoms with van der Waals surface area (Å²) in [6.07, 6.45) is 0.148. The quantitative estimate of drug-likeness (QED) is 0.392. The number of hydrogen-bond donors (Lipinski definition) is 3. The third-order valence-electron chi connectivity index (χ3n) is 1.50. The van der Waals surface area contributed by atoms with Crippen LogP contribution in [0.1, 0.15) is 6.92 Å². The highest BCUT2D eigenvalue weighted by Crippen LogP contribution is 2.49. The van der Waals surface area contributed by atoms with E-state index in [1.807, 2.05) is 5.32 Å². The smallest absolute Gasteiger partial charge is 0.465 e. The van der Waals surface area contributed by atoms with Gasteiger partial charge in [-0.3, -0.25) is 13.8 Å². The maximum absolute atomic E-state index is 11.4. The number of carboxylic acid groups (broad SMARTS) is 1. The second kappa shape index (κ2) is 10.4. The van der Waals surface area contributed by atoms with Gasteiger partial charge in [0, 0.05) is 34.4 Å². The van der Waals surface area contributed by atoms with Crippen LogP contribution in [0.5, 0.6) is 0 Å². The fourth-order valence-corrected chi connectivity index (χ4v) is 1.31. The third kappa shape index (κ3) is 11.3. The van der Waals surface area contributed by atoms with Crippen molar-refractivity contribution in [3.8, 4) is 0 Å². The molecule has 112 valence electrons. The van der Waals surface area contributed by atoms with Crippen molar-refractivity contribution < 1.29 is 32.8 Å². The number of phosphoric acid groups is 1. The fourth-order valence-electron chi connectivity index (χ4n) is 0.609. The van der Waals surface area contributed by atoms with Crippen LogP contribution in [-0.2, 0) is 22.9 Å². The molecule has 0 rings (SSSR count). The SMILES string of the molecule is CNC(=O)/C=C(\C)OP(=O)(OC)OC.CNC(=O)O. The Labute approximate surface area is 111 Å². The van der Waals surface area contributed by atoms with Gasteiger partial charge in [0.15, 0.2) is 0 Å². The van der Waals surface area contributed by atoms with Crippen LogP contribution in [0.15, 0.2) is 11.8 Å². The molecule has 0 bridgehead atoms. The summed E-state index contributed by atoms with van der Waals surface area (Å²) in [4.78, 5) is 20.1. The fraction of sp³-hybridized carbons (Fsp3) is 0.556. The molecule has 0 aliphatic heterocycles. The molecule has 9 nitrogen and oxygen atoms in total. The average molecular weight is 298 g/mol. The molecule has 0 fully saturated rings. The zero-order valence-electron chi connectivity index (χ0n) is 11.4.